The lowest BCUT2D eigenvalue weighted by molar-refractivity contribution is 0.352. The van der Waals surface area contributed by atoms with Crippen LogP contribution in [0.2, 0.25) is 0 Å². The summed E-state index contributed by atoms with van der Waals surface area (Å²) >= 11 is 0. The van der Waals surface area contributed by atoms with Crippen molar-refractivity contribution >= 4 is 0 Å². The molecule has 2 N–H and O–H groups in total. The summed E-state index contributed by atoms with van der Waals surface area (Å²) < 4.78 is 5.67. The summed E-state index contributed by atoms with van der Waals surface area (Å²) in [6.07, 6.45) is 9.12. The molecule has 1 saturated carbocycles. The highest BCUT2D eigenvalue weighted by Crippen LogP contribution is 2.32. The van der Waals surface area contributed by atoms with E-state index in [1.165, 1.54) is 32.1 Å². The number of rotatable bonds is 3. The van der Waals surface area contributed by atoms with E-state index < -0.39 is 0 Å². The van der Waals surface area contributed by atoms with E-state index in [-0.39, 0.29) is 0 Å². The molecule has 0 amide bonds. The van der Waals surface area contributed by atoms with Crippen molar-refractivity contribution in [2.75, 3.05) is 6.54 Å². The van der Waals surface area contributed by atoms with Gasteiger partial charge in [0.2, 0.25) is 0 Å². The highest BCUT2D eigenvalue weighted by Gasteiger charge is 2.19. The van der Waals surface area contributed by atoms with E-state index >= 15 is 0 Å². The van der Waals surface area contributed by atoms with Crippen LogP contribution in [0.5, 0.6) is 0 Å². The fourth-order valence-electron chi connectivity index (χ4n) is 2.12. The van der Waals surface area contributed by atoms with Crippen molar-refractivity contribution in [2.24, 2.45) is 5.73 Å². The van der Waals surface area contributed by atoms with Gasteiger partial charge in [0, 0.05) is 12.3 Å². The van der Waals surface area contributed by atoms with Gasteiger partial charge in [0.25, 0.3) is 0 Å². The second kappa shape index (κ2) is 4.60. The lowest BCUT2D eigenvalue weighted by Crippen LogP contribution is -2.04. The third-order valence-corrected chi connectivity index (χ3v) is 2.92. The molecule has 1 heterocycles. The van der Waals surface area contributed by atoms with Crippen molar-refractivity contribution in [2.45, 2.75) is 44.4 Å². The van der Waals surface area contributed by atoms with Crippen LogP contribution in [0.3, 0.4) is 0 Å². The van der Waals surface area contributed by atoms with Crippen LogP contribution in [0, 0.1) is 0 Å². The number of nitrogens with two attached hydrogens (primary N) is 1. The fraction of sp³-hybridized carbons (Fsp3) is 0.727. The van der Waals surface area contributed by atoms with Crippen LogP contribution in [0.15, 0.2) is 10.6 Å². The number of aromatic nitrogens is 1. The smallest absolute Gasteiger partial charge is 0.197 e. The molecule has 1 aliphatic carbocycles. The standard InChI is InChI=1S/C11H18N2O/c12-7-6-10-8-13-11(14-10)9-4-2-1-3-5-9/h8-9H,1-7,12H2. The molecule has 0 bridgehead atoms. The molecular formula is C11H18N2O. The van der Waals surface area contributed by atoms with Crippen LogP contribution >= 0.6 is 0 Å². The zero-order chi connectivity index (χ0) is 9.80. The molecule has 0 unspecified atom stereocenters. The second-order valence-corrected chi connectivity index (χ2v) is 4.04. The predicted octanol–water partition coefficient (Wildman–Crippen LogP) is 2.22. The molecule has 14 heavy (non-hydrogen) atoms. The van der Waals surface area contributed by atoms with E-state index in [1.807, 2.05) is 6.20 Å². The van der Waals surface area contributed by atoms with Gasteiger partial charge in [-0.25, -0.2) is 4.98 Å². The molecule has 1 aromatic rings. The van der Waals surface area contributed by atoms with Gasteiger partial charge in [-0.3, -0.25) is 0 Å². The van der Waals surface area contributed by atoms with Crippen LogP contribution in [0.1, 0.15) is 49.7 Å². The molecule has 78 valence electrons. The first-order chi connectivity index (χ1) is 6.90. The van der Waals surface area contributed by atoms with Crippen molar-refractivity contribution < 1.29 is 4.42 Å². The second-order valence-electron chi connectivity index (χ2n) is 4.04. The van der Waals surface area contributed by atoms with Crippen LogP contribution in [0.4, 0.5) is 0 Å². The van der Waals surface area contributed by atoms with E-state index in [4.69, 9.17) is 10.2 Å². The Labute approximate surface area is 84.7 Å². The lowest BCUT2D eigenvalue weighted by Gasteiger charge is -2.17. The lowest BCUT2D eigenvalue weighted by atomic mass is 9.89. The Balaban J connectivity index is 2.00. The molecule has 0 atom stereocenters. The van der Waals surface area contributed by atoms with Crippen LogP contribution in [-0.2, 0) is 6.42 Å². The first kappa shape index (κ1) is 9.71. The predicted molar refractivity (Wildman–Crippen MR) is 55.1 cm³/mol. The quantitative estimate of drug-likeness (QED) is 0.802. The van der Waals surface area contributed by atoms with Crippen molar-refractivity contribution in [3.63, 3.8) is 0 Å². The van der Waals surface area contributed by atoms with Gasteiger partial charge in [0.05, 0.1) is 6.20 Å². The number of hydrogen-bond acceptors (Lipinski definition) is 3. The van der Waals surface area contributed by atoms with Gasteiger partial charge in [0.15, 0.2) is 5.89 Å². The first-order valence-corrected chi connectivity index (χ1v) is 5.55. The summed E-state index contributed by atoms with van der Waals surface area (Å²) in [5, 5.41) is 0. The zero-order valence-corrected chi connectivity index (χ0v) is 8.54. The topological polar surface area (TPSA) is 52.0 Å². The third kappa shape index (κ3) is 2.15. The van der Waals surface area contributed by atoms with E-state index in [1.54, 1.807) is 0 Å². The SMILES string of the molecule is NCCc1cnc(C2CCCCC2)o1. The molecule has 3 heteroatoms. The summed E-state index contributed by atoms with van der Waals surface area (Å²) in [5.74, 6) is 2.44. The molecule has 1 aromatic heterocycles. The van der Waals surface area contributed by atoms with Crippen molar-refractivity contribution in [3.8, 4) is 0 Å². The Morgan fingerprint density at radius 2 is 2.14 bits per heavy atom. The number of nitrogens with zero attached hydrogens (tertiary/aromatic N) is 1. The molecule has 1 aliphatic rings. The van der Waals surface area contributed by atoms with E-state index in [2.05, 4.69) is 4.98 Å². The molecule has 0 aliphatic heterocycles. The Morgan fingerprint density at radius 3 is 2.86 bits per heavy atom. The average Bonchev–Trinajstić information content (AvgIpc) is 2.68. The average molecular weight is 194 g/mol. The molecule has 0 aromatic carbocycles. The van der Waals surface area contributed by atoms with Gasteiger partial charge >= 0.3 is 0 Å². The minimum absolute atomic E-state index is 0.565. The molecular weight excluding hydrogens is 176 g/mol. The maximum absolute atomic E-state index is 5.67. The molecule has 0 saturated heterocycles. The number of hydrogen-bond donors (Lipinski definition) is 1. The minimum atomic E-state index is 0.565. The van der Waals surface area contributed by atoms with Gasteiger partial charge in [-0.1, -0.05) is 19.3 Å². The van der Waals surface area contributed by atoms with Crippen molar-refractivity contribution in [1.82, 2.24) is 4.98 Å². The van der Waals surface area contributed by atoms with Crippen LogP contribution in [0.25, 0.3) is 0 Å². The van der Waals surface area contributed by atoms with Gasteiger partial charge in [-0.05, 0) is 19.4 Å². The maximum atomic E-state index is 5.67. The summed E-state index contributed by atoms with van der Waals surface area (Å²) in [4.78, 5) is 4.34. The largest absolute Gasteiger partial charge is 0.445 e. The van der Waals surface area contributed by atoms with Crippen LogP contribution in [-0.4, -0.2) is 11.5 Å². The first-order valence-electron chi connectivity index (χ1n) is 5.55. The Kier molecular flexibility index (Phi) is 3.19. The van der Waals surface area contributed by atoms with Crippen LogP contribution < -0.4 is 5.73 Å². The summed E-state index contributed by atoms with van der Waals surface area (Å²) in [6.45, 7) is 0.638. The van der Waals surface area contributed by atoms with Gasteiger partial charge in [-0.15, -0.1) is 0 Å². The summed E-state index contributed by atoms with van der Waals surface area (Å²) in [5.41, 5.74) is 5.46. The maximum Gasteiger partial charge on any atom is 0.197 e. The Hall–Kier alpha value is -0.830. The van der Waals surface area contributed by atoms with E-state index in [9.17, 15) is 0 Å². The Bertz CT molecular complexity index is 277. The molecule has 3 nitrogen and oxygen atoms in total. The van der Waals surface area contributed by atoms with Crippen molar-refractivity contribution in [3.05, 3.63) is 17.8 Å². The van der Waals surface area contributed by atoms with Gasteiger partial charge < -0.3 is 10.2 Å². The highest BCUT2D eigenvalue weighted by molar-refractivity contribution is 5.00. The highest BCUT2D eigenvalue weighted by atomic mass is 16.4. The molecule has 0 radical (unpaired) electrons. The third-order valence-electron chi connectivity index (χ3n) is 2.92. The molecule has 0 spiro atoms. The van der Waals surface area contributed by atoms with E-state index in [0.29, 0.717) is 12.5 Å². The normalized spacial score (nSPS) is 18.6. The zero-order valence-electron chi connectivity index (χ0n) is 8.54. The fourth-order valence-corrected chi connectivity index (χ4v) is 2.12. The summed E-state index contributed by atoms with van der Waals surface area (Å²) in [6, 6.07) is 0. The molecule has 1 fully saturated rings. The summed E-state index contributed by atoms with van der Waals surface area (Å²) in [7, 11) is 0. The van der Waals surface area contributed by atoms with Crippen molar-refractivity contribution in [1.29, 1.82) is 0 Å². The van der Waals surface area contributed by atoms with Gasteiger partial charge in [-0.2, -0.15) is 0 Å². The van der Waals surface area contributed by atoms with Gasteiger partial charge in [0.1, 0.15) is 5.76 Å². The minimum Gasteiger partial charge on any atom is -0.445 e. The molecule has 2 rings (SSSR count). The van der Waals surface area contributed by atoms with E-state index in [0.717, 1.165) is 18.1 Å². The Morgan fingerprint density at radius 1 is 1.36 bits per heavy atom. The number of oxazole rings is 1. The monoisotopic (exact) mass is 194 g/mol.